The highest BCUT2D eigenvalue weighted by Gasteiger charge is 2.23. The SMILES string of the molecule is CCN1CCC[C@@H]1CNc1nc(Nc2ccc(C)c(F)c2)nc(NC2CCCCCC2)n1. The normalized spacial score (nSPS) is 20.2. The molecule has 2 fully saturated rings. The molecule has 0 amide bonds. The predicted octanol–water partition coefficient (Wildman–Crippen LogP) is 5.09. The zero-order valence-electron chi connectivity index (χ0n) is 19.3. The van der Waals surface area contributed by atoms with Gasteiger partial charge in [-0.05, 0) is 63.4 Å². The number of likely N-dealkylation sites (N-methyl/N-ethyl adjacent to an activating group) is 1. The first kappa shape index (κ1) is 22.7. The molecular weight excluding hydrogens is 405 g/mol. The van der Waals surface area contributed by atoms with Crippen LogP contribution in [-0.4, -0.2) is 51.6 Å². The van der Waals surface area contributed by atoms with Crippen LogP contribution in [0.3, 0.4) is 0 Å². The average Bonchev–Trinajstić information content (AvgIpc) is 3.09. The smallest absolute Gasteiger partial charge is 0.233 e. The van der Waals surface area contributed by atoms with Crippen molar-refractivity contribution in [2.75, 3.05) is 35.6 Å². The summed E-state index contributed by atoms with van der Waals surface area (Å²) in [5.74, 6) is 1.29. The maximum atomic E-state index is 14.0. The van der Waals surface area contributed by atoms with Gasteiger partial charge in [0.25, 0.3) is 0 Å². The number of anilines is 4. The second-order valence-electron chi connectivity index (χ2n) is 9.03. The van der Waals surface area contributed by atoms with E-state index in [9.17, 15) is 4.39 Å². The Morgan fingerprint density at radius 3 is 2.47 bits per heavy atom. The van der Waals surface area contributed by atoms with Crippen LogP contribution in [0, 0.1) is 12.7 Å². The van der Waals surface area contributed by atoms with E-state index >= 15 is 0 Å². The Hall–Kier alpha value is -2.48. The van der Waals surface area contributed by atoms with E-state index in [0.717, 1.165) is 32.5 Å². The number of nitrogens with one attached hydrogen (secondary N) is 3. The van der Waals surface area contributed by atoms with Gasteiger partial charge in [-0.2, -0.15) is 15.0 Å². The van der Waals surface area contributed by atoms with E-state index in [2.05, 4.69) is 42.7 Å². The largest absolute Gasteiger partial charge is 0.352 e. The third kappa shape index (κ3) is 6.06. The monoisotopic (exact) mass is 441 g/mol. The van der Waals surface area contributed by atoms with Gasteiger partial charge in [0.1, 0.15) is 5.82 Å². The third-order valence-electron chi connectivity index (χ3n) is 6.65. The summed E-state index contributed by atoms with van der Waals surface area (Å²) >= 11 is 0. The molecule has 0 spiro atoms. The molecule has 32 heavy (non-hydrogen) atoms. The number of halogens is 1. The number of nitrogens with zero attached hydrogens (tertiary/aromatic N) is 4. The van der Waals surface area contributed by atoms with Crippen LogP contribution >= 0.6 is 0 Å². The van der Waals surface area contributed by atoms with E-state index in [-0.39, 0.29) is 5.82 Å². The molecule has 4 rings (SSSR count). The van der Waals surface area contributed by atoms with Gasteiger partial charge in [0, 0.05) is 24.3 Å². The fraction of sp³-hybridized carbons (Fsp3) is 0.625. The van der Waals surface area contributed by atoms with E-state index in [1.807, 2.05) is 6.07 Å². The summed E-state index contributed by atoms with van der Waals surface area (Å²) in [6, 6.07) is 5.94. The number of likely N-dealkylation sites (tertiary alicyclic amines) is 1. The van der Waals surface area contributed by atoms with Crippen molar-refractivity contribution < 1.29 is 4.39 Å². The van der Waals surface area contributed by atoms with Gasteiger partial charge in [0.15, 0.2) is 0 Å². The van der Waals surface area contributed by atoms with Crippen molar-refractivity contribution >= 4 is 23.5 Å². The number of aryl methyl sites for hydroxylation is 1. The molecule has 174 valence electrons. The predicted molar refractivity (Wildman–Crippen MR) is 128 cm³/mol. The minimum absolute atomic E-state index is 0.250. The van der Waals surface area contributed by atoms with Crippen molar-refractivity contribution in [2.45, 2.75) is 77.3 Å². The highest BCUT2D eigenvalue weighted by molar-refractivity contribution is 5.56. The fourth-order valence-electron chi connectivity index (χ4n) is 4.73. The lowest BCUT2D eigenvalue weighted by Crippen LogP contribution is -2.35. The first-order valence-electron chi connectivity index (χ1n) is 12.1. The first-order valence-corrected chi connectivity index (χ1v) is 12.1. The van der Waals surface area contributed by atoms with E-state index in [1.165, 1.54) is 44.6 Å². The molecule has 1 aromatic carbocycles. The van der Waals surface area contributed by atoms with E-state index in [4.69, 9.17) is 0 Å². The Bertz CT molecular complexity index is 883. The molecule has 1 saturated heterocycles. The number of rotatable bonds is 8. The van der Waals surface area contributed by atoms with Crippen LogP contribution in [0.2, 0.25) is 0 Å². The molecule has 1 aliphatic heterocycles. The third-order valence-corrected chi connectivity index (χ3v) is 6.65. The van der Waals surface area contributed by atoms with Crippen molar-refractivity contribution in [3.05, 3.63) is 29.6 Å². The van der Waals surface area contributed by atoms with Crippen LogP contribution in [0.25, 0.3) is 0 Å². The summed E-state index contributed by atoms with van der Waals surface area (Å²) in [6.45, 7) is 6.98. The maximum Gasteiger partial charge on any atom is 0.233 e. The lowest BCUT2D eigenvalue weighted by atomic mass is 10.1. The second kappa shape index (κ2) is 10.9. The minimum atomic E-state index is -0.250. The zero-order valence-corrected chi connectivity index (χ0v) is 19.3. The Balaban J connectivity index is 1.51. The second-order valence-corrected chi connectivity index (χ2v) is 9.03. The summed E-state index contributed by atoms with van der Waals surface area (Å²) in [7, 11) is 0. The molecule has 2 aromatic rings. The number of aromatic nitrogens is 3. The van der Waals surface area contributed by atoms with Crippen molar-refractivity contribution in [1.29, 1.82) is 0 Å². The summed E-state index contributed by atoms with van der Waals surface area (Å²) in [5.41, 5.74) is 1.24. The average molecular weight is 442 g/mol. The Morgan fingerprint density at radius 1 is 0.969 bits per heavy atom. The molecule has 3 N–H and O–H groups in total. The first-order chi connectivity index (χ1) is 15.6. The van der Waals surface area contributed by atoms with Crippen molar-refractivity contribution in [3.8, 4) is 0 Å². The Kier molecular flexibility index (Phi) is 7.73. The molecule has 1 saturated carbocycles. The molecule has 1 aromatic heterocycles. The van der Waals surface area contributed by atoms with Gasteiger partial charge in [0.05, 0.1) is 0 Å². The molecule has 8 heteroatoms. The molecular formula is C24H36FN7. The Labute approximate surface area is 190 Å². The summed E-state index contributed by atoms with van der Waals surface area (Å²) in [6.07, 6.45) is 9.74. The molecule has 1 aliphatic carbocycles. The fourth-order valence-corrected chi connectivity index (χ4v) is 4.73. The van der Waals surface area contributed by atoms with Gasteiger partial charge in [0.2, 0.25) is 17.8 Å². The van der Waals surface area contributed by atoms with Crippen molar-refractivity contribution in [2.24, 2.45) is 0 Å². The molecule has 0 bridgehead atoms. The van der Waals surface area contributed by atoms with Gasteiger partial charge < -0.3 is 16.0 Å². The minimum Gasteiger partial charge on any atom is -0.352 e. The van der Waals surface area contributed by atoms with E-state index in [1.54, 1.807) is 13.0 Å². The lowest BCUT2D eigenvalue weighted by molar-refractivity contribution is 0.277. The molecule has 0 unspecified atom stereocenters. The highest BCUT2D eigenvalue weighted by atomic mass is 19.1. The Morgan fingerprint density at radius 2 is 1.72 bits per heavy atom. The molecule has 2 heterocycles. The van der Waals surface area contributed by atoms with Crippen molar-refractivity contribution in [1.82, 2.24) is 19.9 Å². The van der Waals surface area contributed by atoms with Gasteiger partial charge >= 0.3 is 0 Å². The van der Waals surface area contributed by atoms with Crippen LogP contribution in [0.4, 0.5) is 27.9 Å². The van der Waals surface area contributed by atoms with Crippen LogP contribution < -0.4 is 16.0 Å². The van der Waals surface area contributed by atoms with Crippen LogP contribution in [0.5, 0.6) is 0 Å². The van der Waals surface area contributed by atoms with E-state index in [0.29, 0.717) is 41.2 Å². The number of benzene rings is 1. The summed E-state index contributed by atoms with van der Waals surface area (Å²) in [5, 5.41) is 10.1. The van der Waals surface area contributed by atoms with Gasteiger partial charge in [-0.25, -0.2) is 4.39 Å². The highest BCUT2D eigenvalue weighted by Crippen LogP contribution is 2.23. The van der Waals surface area contributed by atoms with Gasteiger partial charge in [-0.1, -0.05) is 38.7 Å². The number of hydrogen-bond acceptors (Lipinski definition) is 7. The maximum absolute atomic E-state index is 14.0. The summed E-state index contributed by atoms with van der Waals surface area (Å²) in [4.78, 5) is 16.3. The molecule has 1 atom stereocenters. The van der Waals surface area contributed by atoms with Gasteiger partial charge in [-0.15, -0.1) is 0 Å². The van der Waals surface area contributed by atoms with Gasteiger partial charge in [-0.3, -0.25) is 4.90 Å². The molecule has 7 nitrogen and oxygen atoms in total. The number of hydrogen-bond donors (Lipinski definition) is 3. The van der Waals surface area contributed by atoms with Crippen LogP contribution in [0.15, 0.2) is 18.2 Å². The van der Waals surface area contributed by atoms with Crippen LogP contribution in [-0.2, 0) is 0 Å². The van der Waals surface area contributed by atoms with E-state index < -0.39 is 0 Å². The lowest BCUT2D eigenvalue weighted by Gasteiger charge is -2.23. The topological polar surface area (TPSA) is 78.0 Å². The molecule has 2 aliphatic rings. The standard InChI is InChI=1S/C24H36FN7/c1-3-32-14-8-11-20(32)16-26-22-29-23(27-18-9-6-4-5-7-10-18)31-24(30-22)28-19-13-12-17(2)21(25)15-19/h12-13,15,18,20H,3-11,14,16H2,1-2H3,(H3,26,27,28,29,30,31)/t20-/m1/s1. The quantitative estimate of drug-likeness (QED) is 0.492. The van der Waals surface area contributed by atoms with Crippen molar-refractivity contribution in [3.63, 3.8) is 0 Å². The molecule has 0 radical (unpaired) electrons. The zero-order chi connectivity index (χ0) is 22.3. The summed E-state index contributed by atoms with van der Waals surface area (Å²) < 4.78 is 14.0. The van der Waals surface area contributed by atoms with Crippen LogP contribution in [0.1, 0.15) is 63.9 Å².